The summed E-state index contributed by atoms with van der Waals surface area (Å²) in [5.41, 5.74) is 4.73. The molecule has 0 fully saturated rings. The Morgan fingerprint density at radius 2 is 1.59 bits per heavy atom. The minimum Gasteiger partial charge on any atom is -0.463 e. The molecule has 6 nitrogen and oxygen atoms in total. The van der Waals surface area contributed by atoms with Crippen molar-refractivity contribution >= 4 is 17.8 Å². The summed E-state index contributed by atoms with van der Waals surface area (Å²) >= 11 is 0. The van der Waals surface area contributed by atoms with Crippen molar-refractivity contribution in [3.05, 3.63) is 37.1 Å². The summed E-state index contributed by atoms with van der Waals surface area (Å²) in [6.07, 6.45) is 1.06. The van der Waals surface area contributed by atoms with Crippen LogP contribution in [0.3, 0.4) is 0 Å². The number of rotatable bonds is 4. The second-order valence-electron chi connectivity index (χ2n) is 2.69. The molecule has 0 aliphatic carbocycles. The summed E-state index contributed by atoms with van der Waals surface area (Å²) in [5, 5.41) is 0. The van der Waals surface area contributed by atoms with Crippen molar-refractivity contribution in [3.8, 4) is 0 Å². The van der Waals surface area contributed by atoms with Gasteiger partial charge in [-0.1, -0.05) is 13.2 Å². The van der Waals surface area contributed by atoms with Gasteiger partial charge in [-0.15, -0.1) is 0 Å². The number of amides is 1. The van der Waals surface area contributed by atoms with Crippen LogP contribution in [0.15, 0.2) is 37.1 Å². The van der Waals surface area contributed by atoms with Gasteiger partial charge in [0.2, 0.25) is 11.7 Å². The number of ether oxygens (including phenoxy) is 2. The highest BCUT2D eigenvalue weighted by Crippen LogP contribution is 2.01. The number of carbonyl (C=O) groups excluding carboxylic acids is 3. The third kappa shape index (κ3) is 9.92. The van der Waals surface area contributed by atoms with Gasteiger partial charge in [-0.05, 0) is 19.6 Å². The van der Waals surface area contributed by atoms with E-state index in [9.17, 15) is 14.4 Å². The van der Waals surface area contributed by atoms with E-state index in [0.29, 0.717) is 0 Å². The molecule has 2 N–H and O–H groups in total. The van der Waals surface area contributed by atoms with E-state index in [1.807, 2.05) is 0 Å². The molecule has 0 aliphatic rings. The van der Waals surface area contributed by atoms with E-state index in [-0.39, 0.29) is 11.3 Å². The van der Waals surface area contributed by atoms with Gasteiger partial charge in [-0.3, -0.25) is 4.79 Å². The molecule has 6 heteroatoms. The normalized spacial score (nSPS) is 7.88. The van der Waals surface area contributed by atoms with Crippen LogP contribution in [0, 0.1) is 0 Å². The lowest BCUT2D eigenvalue weighted by Crippen LogP contribution is -2.12. The number of methoxy groups -OCH3 is 1. The fraction of sp³-hybridized carbons (Fsp3) is 0.182. The molecule has 0 saturated carbocycles. The van der Waals surface area contributed by atoms with Gasteiger partial charge in [-0.2, -0.15) is 0 Å². The highest BCUT2D eigenvalue weighted by atomic mass is 16.6. The fourth-order valence-electron chi connectivity index (χ4n) is 0.355. The van der Waals surface area contributed by atoms with Crippen LogP contribution in [-0.4, -0.2) is 25.0 Å². The van der Waals surface area contributed by atoms with Gasteiger partial charge < -0.3 is 15.2 Å². The average molecular weight is 241 g/mol. The van der Waals surface area contributed by atoms with Gasteiger partial charge >= 0.3 is 11.9 Å². The number of hydrogen-bond acceptors (Lipinski definition) is 5. The molecule has 0 heterocycles. The van der Waals surface area contributed by atoms with E-state index in [2.05, 4.69) is 34.9 Å². The molecule has 0 aromatic rings. The molecular weight excluding hydrogens is 226 g/mol. The standard InChI is InChI=1S/C8H10O4.C3H5NO/c1-5(2)7(9)12-6(3)8(10)11-4;1-2-3(4)5/h1,3H2,2,4H3;2H,1H2,(H2,4,5). The van der Waals surface area contributed by atoms with Crippen LogP contribution < -0.4 is 5.73 Å². The number of nitrogens with two attached hydrogens (primary N) is 1. The lowest BCUT2D eigenvalue weighted by atomic mass is 10.4. The highest BCUT2D eigenvalue weighted by molar-refractivity contribution is 5.93. The van der Waals surface area contributed by atoms with Gasteiger partial charge in [0.05, 0.1) is 7.11 Å². The molecule has 0 aliphatic heterocycles. The van der Waals surface area contributed by atoms with E-state index in [4.69, 9.17) is 0 Å². The average Bonchev–Trinajstić information content (AvgIpc) is 2.28. The molecule has 17 heavy (non-hydrogen) atoms. The minimum absolute atomic E-state index is 0.194. The van der Waals surface area contributed by atoms with Gasteiger partial charge in [0.1, 0.15) is 0 Å². The van der Waals surface area contributed by atoms with Crippen molar-refractivity contribution in [2.24, 2.45) is 5.73 Å². The lowest BCUT2D eigenvalue weighted by Gasteiger charge is -2.03. The first-order valence-electron chi connectivity index (χ1n) is 4.33. The van der Waals surface area contributed by atoms with Crippen LogP contribution in [-0.2, 0) is 23.9 Å². The summed E-state index contributed by atoms with van der Waals surface area (Å²) in [7, 11) is 1.17. The second kappa shape index (κ2) is 8.90. The summed E-state index contributed by atoms with van der Waals surface area (Å²) in [6.45, 7) is 11.1. The third-order valence-electron chi connectivity index (χ3n) is 1.18. The molecule has 0 aromatic carbocycles. The smallest absolute Gasteiger partial charge is 0.373 e. The predicted molar refractivity (Wildman–Crippen MR) is 61.5 cm³/mol. The molecule has 0 aromatic heterocycles. The zero-order valence-corrected chi connectivity index (χ0v) is 9.82. The molecular formula is C11H15NO5. The Kier molecular flexibility index (Phi) is 8.92. The van der Waals surface area contributed by atoms with Crippen molar-refractivity contribution in [1.29, 1.82) is 0 Å². The molecule has 0 unspecified atom stereocenters. The van der Waals surface area contributed by atoms with E-state index < -0.39 is 17.8 Å². The fourth-order valence-corrected chi connectivity index (χ4v) is 0.355. The number of esters is 2. The number of carbonyl (C=O) groups is 3. The molecule has 1 amide bonds. The molecule has 0 radical (unpaired) electrons. The van der Waals surface area contributed by atoms with Crippen LogP contribution >= 0.6 is 0 Å². The SMILES string of the molecule is C=C(C)C(=O)OC(=C)C(=O)OC.C=CC(N)=O. The molecule has 0 rings (SSSR count). The number of primary amides is 1. The molecule has 0 spiro atoms. The quantitative estimate of drug-likeness (QED) is 0.438. The molecule has 0 bridgehead atoms. The first-order valence-corrected chi connectivity index (χ1v) is 4.33. The van der Waals surface area contributed by atoms with Crippen molar-refractivity contribution in [2.75, 3.05) is 7.11 Å². The largest absolute Gasteiger partial charge is 0.463 e. The monoisotopic (exact) mass is 241 g/mol. The first kappa shape index (κ1) is 17.0. The maximum absolute atomic E-state index is 10.8. The number of hydrogen-bond donors (Lipinski definition) is 1. The summed E-state index contributed by atoms with van der Waals surface area (Å²) in [5.74, 6) is -2.29. The predicted octanol–water partition coefficient (Wildman–Crippen LogP) is 0.450. The molecule has 0 atom stereocenters. The maximum atomic E-state index is 10.8. The van der Waals surface area contributed by atoms with Crippen LogP contribution in [0.2, 0.25) is 0 Å². The third-order valence-corrected chi connectivity index (χ3v) is 1.18. The van der Waals surface area contributed by atoms with E-state index in [0.717, 1.165) is 6.08 Å². The zero-order chi connectivity index (χ0) is 14.0. The Morgan fingerprint density at radius 1 is 1.18 bits per heavy atom. The Hall–Kier alpha value is -2.37. The van der Waals surface area contributed by atoms with Crippen LogP contribution in [0.5, 0.6) is 0 Å². The van der Waals surface area contributed by atoms with Crippen molar-refractivity contribution in [2.45, 2.75) is 6.92 Å². The van der Waals surface area contributed by atoms with Gasteiger partial charge in [0.15, 0.2) is 0 Å². The Bertz CT molecular complexity index is 357. The zero-order valence-electron chi connectivity index (χ0n) is 9.82. The van der Waals surface area contributed by atoms with Crippen LogP contribution in [0.4, 0.5) is 0 Å². The molecule has 94 valence electrons. The van der Waals surface area contributed by atoms with Gasteiger partial charge in [-0.25, -0.2) is 9.59 Å². The minimum atomic E-state index is -0.774. The highest BCUT2D eigenvalue weighted by Gasteiger charge is 2.12. The van der Waals surface area contributed by atoms with Crippen molar-refractivity contribution in [1.82, 2.24) is 0 Å². The summed E-state index contributed by atoms with van der Waals surface area (Å²) < 4.78 is 8.70. The Balaban J connectivity index is 0. The first-order chi connectivity index (χ1) is 7.76. The Morgan fingerprint density at radius 3 is 1.82 bits per heavy atom. The Labute approximate surface area is 99.4 Å². The van der Waals surface area contributed by atoms with Crippen LogP contribution in [0.25, 0.3) is 0 Å². The summed E-state index contributed by atoms with van der Waals surface area (Å²) in [6, 6.07) is 0. The van der Waals surface area contributed by atoms with Crippen molar-refractivity contribution in [3.63, 3.8) is 0 Å². The van der Waals surface area contributed by atoms with Gasteiger partial charge in [0.25, 0.3) is 0 Å². The van der Waals surface area contributed by atoms with Gasteiger partial charge in [0, 0.05) is 5.57 Å². The van der Waals surface area contributed by atoms with Crippen molar-refractivity contribution < 1.29 is 23.9 Å². The lowest BCUT2D eigenvalue weighted by molar-refractivity contribution is -0.147. The van der Waals surface area contributed by atoms with Crippen LogP contribution in [0.1, 0.15) is 6.92 Å². The second-order valence-corrected chi connectivity index (χ2v) is 2.69. The summed E-state index contributed by atoms with van der Waals surface area (Å²) in [4.78, 5) is 30.9. The topological polar surface area (TPSA) is 95.7 Å². The van der Waals surface area contributed by atoms with E-state index >= 15 is 0 Å². The molecule has 0 saturated heterocycles. The van der Waals surface area contributed by atoms with E-state index in [1.54, 1.807) is 0 Å². The maximum Gasteiger partial charge on any atom is 0.373 e. The van der Waals surface area contributed by atoms with E-state index in [1.165, 1.54) is 14.0 Å².